The summed E-state index contributed by atoms with van der Waals surface area (Å²) in [5.41, 5.74) is 0. The van der Waals surface area contributed by atoms with Gasteiger partial charge in [0, 0.05) is 238 Å². The Bertz CT molecular complexity index is 26.2. The Balaban J connectivity index is 0. The van der Waals surface area contributed by atoms with E-state index in [1.165, 1.54) is 0 Å². The van der Waals surface area contributed by atoms with Crippen LogP contribution in [0.15, 0.2) is 0 Å². The molecule has 12 N–H and O–H groups in total. The Morgan fingerprint density at radius 3 is 0.267 bits per heavy atom. The molecule has 0 amide bonds. The van der Waals surface area contributed by atoms with Gasteiger partial charge in [0.05, 0.1) is 0 Å². The van der Waals surface area contributed by atoms with Gasteiger partial charge in [-0.3, -0.25) is 0 Å². The molecular weight excluding hydrogens is 1140 g/mol. The minimum atomic E-state index is 0. The second kappa shape index (κ2) is 158. The van der Waals surface area contributed by atoms with Crippen LogP contribution in [0, 0.1) is 0 Å². The van der Waals surface area contributed by atoms with Crippen molar-refractivity contribution in [3.8, 4) is 0 Å². The van der Waals surface area contributed by atoms with Crippen molar-refractivity contribution in [1.82, 2.24) is 24.6 Å². The number of rotatable bonds is 0. The summed E-state index contributed by atoms with van der Waals surface area (Å²) in [5, 5.41) is 0. The fraction of sp³-hybridized carbons (Fsp3) is 0. The molecule has 0 aliphatic heterocycles. The first kappa shape index (κ1) is 182. The first-order valence-electron chi connectivity index (χ1n) is 0. The molecule has 0 aromatic carbocycles. The Morgan fingerprint density at radius 1 is 0.267 bits per heavy atom. The molecule has 0 heterocycles. The molecule has 1 radical (unpaired) electrons. The van der Waals surface area contributed by atoms with Gasteiger partial charge >= 0.3 is 0 Å². The molecule has 0 saturated heterocycles. The predicted octanol–water partition coefficient (Wildman–Crippen LogP) is 0.621. The molecule has 15 heteroatoms. The van der Waals surface area contributed by atoms with Crippen molar-refractivity contribution in [2.45, 2.75) is 0 Å². The zero-order valence-electron chi connectivity index (χ0n) is 7.85. The van der Waals surface area contributed by atoms with Crippen molar-refractivity contribution < 1.29 is 238 Å². The molecule has 4 nitrogen and oxygen atoms in total. The minimum absolute atomic E-state index is 0. The summed E-state index contributed by atoms with van der Waals surface area (Å²) >= 11 is 0. The standard InChI is InChI=1S/Au.4H3N.7Ti.3W/h;4*1H3;;;;;;;;;;. The summed E-state index contributed by atoms with van der Waals surface area (Å²) in [5.74, 6) is 0. The van der Waals surface area contributed by atoms with Crippen LogP contribution in [0.1, 0.15) is 0 Å². The molecule has 0 unspecified atom stereocenters. The van der Waals surface area contributed by atoms with E-state index in [9.17, 15) is 0 Å². The number of hydrogen-bond acceptors (Lipinski definition) is 4. The molecule has 0 fully saturated rings. The average molecular weight is 1150 g/mol. The van der Waals surface area contributed by atoms with Gasteiger partial charge in [-0.05, 0) is 0 Å². The first-order valence-corrected chi connectivity index (χ1v) is 0. The summed E-state index contributed by atoms with van der Waals surface area (Å²) in [6, 6.07) is 0. The summed E-state index contributed by atoms with van der Waals surface area (Å²) in [6.45, 7) is 0. The van der Waals surface area contributed by atoms with Crippen molar-refractivity contribution >= 4 is 0 Å². The third kappa shape index (κ3) is 143. The van der Waals surface area contributed by atoms with Gasteiger partial charge in [-0.2, -0.15) is 0 Å². The maximum Gasteiger partial charge on any atom is 0 e. The van der Waals surface area contributed by atoms with Crippen molar-refractivity contribution in [2.24, 2.45) is 0 Å². The second-order valence-electron chi connectivity index (χ2n) is 0. The van der Waals surface area contributed by atoms with E-state index in [4.69, 9.17) is 0 Å². The molecule has 0 saturated carbocycles. The number of hydrogen-bond donors (Lipinski definition) is 4. The summed E-state index contributed by atoms with van der Waals surface area (Å²) in [4.78, 5) is 0. The van der Waals surface area contributed by atoms with E-state index in [1.54, 1.807) is 0 Å². The second-order valence-corrected chi connectivity index (χ2v) is 0. The molecule has 0 aromatic heterocycles. The third-order valence-corrected chi connectivity index (χ3v) is 0. The maximum atomic E-state index is 0. The minimum Gasteiger partial charge on any atom is -0.344 e. The normalized spacial score (nSPS) is 0. The Kier molecular flexibility index (Phi) is 1910. The van der Waals surface area contributed by atoms with Crippen LogP contribution in [0.2, 0.25) is 0 Å². The largest absolute Gasteiger partial charge is 0.344 e. The van der Waals surface area contributed by atoms with Gasteiger partial charge < -0.3 is 24.6 Å². The Labute approximate surface area is 256 Å². The van der Waals surface area contributed by atoms with Crippen molar-refractivity contribution in [1.29, 1.82) is 0 Å². The SMILES string of the molecule is N.N.N.N.[Au].[Ti].[Ti].[Ti].[Ti].[Ti].[Ti].[Ti].[W].[W].[W]. The predicted molar refractivity (Wildman–Crippen MR) is 20.1 cm³/mol. The molecule has 0 bridgehead atoms. The molecule has 15 heavy (non-hydrogen) atoms. The van der Waals surface area contributed by atoms with Crippen LogP contribution in [-0.2, 0) is 238 Å². The fourth-order valence-electron chi connectivity index (χ4n) is 0. The molecule has 0 aliphatic carbocycles. The third-order valence-electron chi connectivity index (χ3n) is 0. The van der Waals surface area contributed by atoms with E-state index in [2.05, 4.69) is 0 Å². The van der Waals surface area contributed by atoms with Crippen LogP contribution in [0.5, 0.6) is 0 Å². The van der Waals surface area contributed by atoms with E-state index < -0.39 is 0 Å². The van der Waals surface area contributed by atoms with Gasteiger partial charge in [-0.25, -0.2) is 0 Å². The molecule has 89 valence electrons. The van der Waals surface area contributed by atoms with Crippen LogP contribution in [0.3, 0.4) is 0 Å². The van der Waals surface area contributed by atoms with Crippen molar-refractivity contribution in [3.05, 3.63) is 0 Å². The Morgan fingerprint density at radius 2 is 0.267 bits per heavy atom. The van der Waals surface area contributed by atoms with E-state index in [1.807, 2.05) is 0 Å². The quantitative estimate of drug-likeness (QED) is 0.265. The van der Waals surface area contributed by atoms with E-state index in [0.717, 1.165) is 0 Å². The van der Waals surface area contributed by atoms with Crippen LogP contribution in [0.4, 0.5) is 0 Å². The van der Waals surface area contributed by atoms with E-state index in [0.29, 0.717) is 0 Å². The van der Waals surface area contributed by atoms with E-state index in [-0.39, 0.29) is 262 Å². The first-order chi connectivity index (χ1) is 0. The van der Waals surface area contributed by atoms with Gasteiger partial charge in [0.25, 0.3) is 0 Å². The van der Waals surface area contributed by atoms with Crippen molar-refractivity contribution in [2.75, 3.05) is 0 Å². The monoisotopic (exact) mass is 1150 g/mol. The summed E-state index contributed by atoms with van der Waals surface area (Å²) in [7, 11) is 0. The molecular formula is H12AuN4Ti7W3. The summed E-state index contributed by atoms with van der Waals surface area (Å²) < 4.78 is 0. The van der Waals surface area contributed by atoms with Crippen LogP contribution >= 0.6 is 0 Å². The molecule has 0 aliphatic rings. The van der Waals surface area contributed by atoms with Gasteiger partial charge in [0.1, 0.15) is 0 Å². The molecule has 0 aromatic rings. The van der Waals surface area contributed by atoms with Gasteiger partial charge in [-0.15, -0.1) is 0 Å². The average Bonchev–Trinajstić information content (AvgIpc) is 0. The van der Waals surface area contributed by atoms with Crippen molar-refractivity contribution in [3.63, 3.8) is 0 Å². The van der Waals surface area contributed by atoms with Crippen LogP contribution < -0.4 is 24.6 Å². The fourth-order valence-corrected chi connectivity index (χ4v) is 0. The molecule has 0 atom stereocenters. The maximum absolute atomic E-state index is 0. The topological polar surface area (TPSA) is 140 Å². The Hall–Kier alpha value is 7.65. The van der Waals surface area contributed by atoms with Gasteiger partial charge in [0.2, 0.25) is 0 Å². The van der Waals surface area contributed by atoms with E-state index >= 15 is 0 Å². The van der Waals surface area contributed by atoms with Crippen LogP contribution in [0.25, 0.3) is 0 Å². The smallest absolute Gasteiger partial charge is 0 e. The van der Waals surface area contributed by atoms with Gasteiger partial charge in [0.15, 0.2) is 0 Å². The zero-order chi connectivity index (χ0) is 0. The molecule has 0 spiro atoms. The van der Waals surface area contributed by atoms with Crippen LogP contribution in [-0.4, -0.2) is 0 Å². The zero-order valence-corrected chi connectivity index (χ0v) is 29.8. The summed E-state index contributed by atoms with van der Waals surface area (Å²) in [6.07, 6.45) is 0. The van der Waals surface area contributed by atoms with Gasteiger partial charge in [-0.1, -0.05) is 0 Å². The molecule has 0 rings (SSSR count).